The molecule has 0 bridgehead atoms. The second kappa shape index (κ2) is 11.2. The van der Waals surface area contributed by atoms with E-state index in [2.05, 4.69) is 32.6 Å². The fourth-order valence-corrected chi connectivity index (χ4v) is 4.37. The molecule has 9 heteroatoms. The lowest BCUT2D eigenvalue weighted by molar-refractivity contribution is -0.145. The van der Waals surface area contributed by atoms with E-state index in [1.807, 2.05) is 18.2 Å². The van der Waals surface area contributed by atoms with Gasteiger partial charge >= 0.3 is 0 Å². The molecule has 2 saturated heterocycles. The highest BCUT2D eigenvalue weighted by Crippen LogP contribution is 2.15. The Hall–Kier alpha value is -3.30. The number of amides is 3. The molecular formula is C25H30FN5O3. The van der Waals surface area contributed by atoms with Gasteiger partial charge in [0.25, 0.3) is 0 Å². The van der Waals surface area contributed by atoms with Crippen molar-refractivity contribution in [3.63, 3.8) is 0 Å². The third-order valence-electron chi connectivity index (χ3n) is 6.23. The van der Waals surface area contributed by atoms with Crippen LogP contribution < -0.4 is 10.6 Å². The first-order valence-electron chi connectivity index (χ1n) is 11.6. The zero-order valence-corrected chi connectivity index (χ0v) is 19.1. The van der Waals surface area contributed by atoms with Crippen molar-refractivity contribution in [2.45, 2.75) is 19.0 Å². The molecule has 0 aromatic heterocycles. The van der Waals surface area contributed by atoms with E-state index in [1.54, 1.807) is 0 Å². The molecule has 0 unspecified atom stereocenters. The highest BCUT2D eigenvalue weighted by Gasteiger charge is 2.35. The molecular weight excluding hydrogens is 437 g/mol. The van der Waals surface area contributed by atoms with Gasteiger partial charge in [0.05, 0.1) is 13.0 Å². The molecule has 8 nitrogen and oxygen atoms in total. The van der Waals surface area contributed by atoms with E-state index in [4.69, 9.17) is 0 Å². The SMILES string of the molecule is O=C(C[C@H]1C(=O)NCCN1C(=O)CN1CCN(Cc2ccccc2)CC1)Nc1ccc(F)cc1. The van der Waals surface area contributed by atoms with Gasteiger partial charge in [0.1, 0.15) is 11.9 Å². The molecule has 2 fully saturated rings. The lowest BCUT2D eigenvalue weighted by atomic mass is 10.1. The minimum atomic E-state index is -0.860. The molecule has 2 aromatic carbocycles. The van der Waals surface area contributed by atoms with Gasteiger partial charge in [0.15, 0.2) is 0 Å². The highest BCUT2D eigenvalue weighted by molar-refractivity contribution is 5.97. The summed E-state index contributed by atoms with van der Waals surface area (Å²) in [6.07, 6.45) is -0.153. The summed E-state index contributed by atoms with van der Waals surface area (Å²) in [4.78, 5) is 44.1. The molecule has 2 N–H and O–H groups in total. The van der Waals surface area contributed by atoms with E-state index in [0.29, 0.717) is 18.8 Å². The van der Waals surface area contributed by atoms with E-state index in [0.717, 1.165) is 32.7 Å². The van der Waals surface area contributed by atoms with E-state index in [-0.39, 0.29) is 24.8 Å². The van der Waals surface area contributed by atoms with Gasteiger partial charge in [-0.15, -0.1) is 0 Å². The van der Waals surface area contributed by atoms with Crippen LogP contribution in [0.25, 0.3) is 0 Å². The average molecular weight is 468 g/mol. The second-order valence-corrected chi connectivity index (χ2v) is 8.69. The molecule has 4 rings (SSSR count). The number of hydrogen-bond acceptors (Lipinski definition) is 5. The second-order valence-electron chi connectivity index (χ2n) is 8.69. The number of carbonyl (C=O) groups excluding carboxylic acids is 3. The number of halogens is 1. The standard InChI is InChI=1S/C25H30FN5O3/c26-20-6-8-21(9-7-20)28-23(32)16-22-25(34)27-10-11-31(22)24(33)18-30-14-12-29(13-15-30)17-19-4-2-1-3-5-19/h1-9,22H,10-18H2,(H,27,34)(H,28,32)/t22-/m0/s1. The van der Waals surface area contributed by atoms with Gasteiger partial charge in [-0.2, -0.15) is 0 Å². The van der Waals surface area contributed by atoms with Crippen LogP contribution in [0.15, 0.2) is 54.6 Å². The first kappa shape index (κ1) is 23.8. The van der Waals surface area contributed by atoms with Crippen LogP contribution in [-0.4, -0.2) is 84.3 Å². The van der Waals surface area contributed by atoms with Crippen LogP contribution in [0.2, 0.25) is 0 Å². The molecule has 0 spiro atoms. The van der Waals surface area contributed by atoms with Gasteiger partial charge in [0, 0.05) is 51.5 Å². The quantitative estimate of drug-likeness (QED) is 0.641. The van der Waals surface area contributed by atoms with Crippen molar-refractivity contribution in [1.29, 1.82) is 0 Å². The Morgan fingerprint density at radius 2 is 1.62 bits per heavy atom. The van der Waals surface area contributed by atoms with Crippen LogP contribution in [0.1, 0.15) is 12.0 Å². The predicted molar refractivity (Wildman–Crippen MR) is 126 cm³/mol. The van der Waals surface area contributed by atoms with Gasteiger partial charge in [-0.25, -0.2) is 4.39 Å². The third kappa shape index (κ3) is 6.39. The zero-order valence-electron chi connectivity index (χ0n) is 19.1. The predicted octanol–water partition coefficient (Wildman–Crippen LogP) is 1.30. The lowest BCUT2D eigenvalue weighted by Gasteiger charge is -2.38. The Morgan fingerprint density at radius 3 is 2.32 bits per heavy atom. The molecule has 0 saturated carbocycles. The number of piperazine rings is 2. The van der Waals surface area contributed by atoms with Gasteiger partial charge in [-0.3, -0.25) is 24.2 Å². The van der Waals surface area contributed by atoms with Crippen LogP contribution in [0, 0.1) is 5.82 Å². The maximum atomic E-state index is 13.1. The fraction of sp³-hybridized carbons (Fsp3) is 0.400. The summed E-state index contributed by atoms with van der Waals surface area (Å²) in [5.74, 6) is -1.28. The van der Waals surface area contributed by atoms with Crippen molar-refractivity contribution < 1.29 is 18.8 Å². The number of rotatable bonds is 7. The number of benzene rings is 2. The van der Waals surface area contributed by atoms with Gasteiger partial charge < -0.3 is 15.5 Å². The number of anilines is 1. The Kier molecular flexibility index (Phi) is 7.87. The van der Waals surface area contributed by atoms with Gasteiger partial charge in [-0.05, 0) is 29.8 Å². The third-order valence-corrected chi connectivity index (χ3v) is 6.23. The molecule has 2 heterocycles. The van der Waals surface area contributed by atoms with Crippen molar-refractivity contribution in [1.82, 2.24) is 20.0 Å². The fourth-order valence-electron chi connectivity index (χ4n) is 4.37. The molecule has 1 atom stereocenters. The Labute approximate surface area is 198 Å². The lowest BCUT2D eigenvalue weighted by Crippen LogP contribution is -2.60. The number of carbonyl (C=O) groups is 3. The molecule has 2 aliphatic rings. The van der Waals surface area contributed by atoms with E-state index >= 15 is 0 Å². The van der Waals surface area contributed by atoms with E-state index in [1.165, 1.54) is 34.7 Å². The van der Waals surface area contributed by atoms with Crippen LogP contribution >= 0.6 is 0 Å². The molecule has 2 aliphatic heterocycles. The smallest absolute Gasteiger partial charge is 0.243 e. The number of nitrogens with zero attached hydrogens (tertiary/aromatic N) is 3. The number of hydrogen-bond donors (Lipinski definition) is 2. The minimum Gasteiger partial charge on any atom is -0.353 e. The Morgan fingerprint density at radius 1 is 0.941 bits per heavy atom. The van der Waals surface area contributed by atoms with Crippen molar-refractivity contribution in [2.75, 3.05) is 51.1 Å². The summed E-state index contributed by atoms with van der Waals surface area (Å²) in [5, 5.41) is 5.41. The summed E-state index contributed by atoms with van der Waals surface area (Å²) >= 11 is 0. The van der Waals surface area contributed by atoms with Gasteiger partial charge in [-0.1, -0.05) is 30.3 Å². The number of nitrogens with one attached hydrogen (secondary N) is 2. The minimum absolute atomic E-state index is 0.147. The maximum Gasteiger partial charge on any atom is 0.243 e. The largest absolute Gasteiger partial charge is 0.353 e. The topological polar surface area (TPSA) is 85.0 Å². The van der Waals surface area contributed by atoms with Crippen LogP contribution in [0.3, 0.4) is 0 Å². The normalized spacial score (nSPS) is 19.5. The van der Waals surface area contributed by atoms with Crippen molar-refractivity contribution in [3.8, 4) is 0 Å². The molecule has 3 amide bonds. The monoisotopic (exact) mass is 467 g/mol. The molecule has 180 valence electrons. The first-order chi connectivity index (χ1) is 16.5. The van der Waals surface area contributed by atoms with Crippen LogP contribution in [0.4, 0.5) is 10.1 Å². The van der Waals surface area contributed by atoms with E-state index < -0.39 is 17.8 Å². The summed E-state index contributed by atoms with van der Waals surface area (Å²) in [6.45, 7) is 5.13. The average Bonchev–Trinajstić information content (AvgIpc) is 2.84. The summed E-state index contributed by atoms with van der Waals surface area (Å²) < 4.78 is 13.1. The Balaban J connectivity index is 1.29. The zero-order chi connectivity index (χ0) is 23.9. The van der Waals surface area contributed by atoms with Crippen molar-refractivity contribution >= 4 is 23.4 Å². The molecule has 34 heavy (non-hydrogen) atoms. The van der Waals surface area contributed by atoms with Crippen LogP contribution in [-0.2, 0) is 20.9 Å². The van der Waals surface area contributed by atoms with E-state index in [9.17, 15) is 18.8 Å². The maximum absolute atomic E-state index is 13.1. The summed E-state index contributed by atoms with van der Waals surface area (Å²) in [7, 11) is 0. The van der Waals surface area contributed by atoms with Crippen LogP contribution in [0.5, 0.6) is 0 Å². The van der Waals surface area contributed by atoms with Gasteiger partial charge in [0.2, 0.25) is 17.7 Å². The summed E-state index contributed by atoms with van der Waals surface area (Å²) in [6, 6.07) is 14.9. The first-order valence-corrected chi connectivity index (χ1v) is 11.6. The highest BCUT2D eigenvalue weighted by atomic mass is 19.1. The molecule has 0 radical (unpaired) electrons. The Bertz CT molecular complexity index is 993. The summed E-state index contributed by atoms with van der Waals surface area (Å²) in [5.41, 5.74) is 1.71. The molecule has 2 aromatic rings. The van der Waals surface area contributed by atoms with Crippen molar-refractivity contribution in [3.05, 3.63) is 66.0 Å². The molecule has 0 aliphatic carbocycles. The van der Waals surface area contributed by atoms with Crippen molar-refractivity contribution in [2.24, 2.45) is 0 Å².